The summed E-state index contributed by atoms with van der Waals surface area (Å²) in [4.78, 5) is 13.8. The SMILES string of the molecule is CC(C)(C)Cc1nc(C(F)(F)F)c(C(=O)O)o1. The van der Waals surface area contributed by atoms with E-state index in [1.165, 1.54) is 0 Å². The van der Waals surface area contributed by atoms with Crippen molar-refractivity contribution in [1.82, 2.24) is 4.98 Å². The molecular weight excluding hydrogens is 239 g/mol. The lowest BCUT2D eigenvalue weighted by molar-refractivity contribution is -0.141. The predicted molar refractivity (Wildman–Crippen MR) is 51.6 cm³/mol. The summed E-state index contributed by atoms with van der Waals surface area (Å²) < 4.78 is 42.1. The minimum atomic E-state index is -4.83. The van der Waals surface area contributed by atoms with Crippen molar-refractivity contribution >= 4 is 5.97 Å². The summed E-state index contributed by atoms with van der Waals surface area (Å²) in [7, 11) is 0. The molecule has 1 N–H and O–H groups in total. The second-order valence-corrected chi connectivity index (χ2v) is 4.83. The minimum absolute atomic E-state index is 0.128. The standard InChI is InChI=1S/C10H12F3NO3/c1-9(2,3)4-5-14-7(10(11,12)13)6(17-5)8(15)16/h4H2,1-3H3,(H,15,16). The molecular formula is C10H12F3NO3. The third kappa shape index (κ3) is 3.47. The third-order valence-electron chi connectivity index (χ3n) is 1.82. The van der Waals surface area contributed by atoms with Gasteiger partial charge < -0.3 is 9.52 Å². The maximum Gasteiger partial charge on any atom is 0.437 e. The van der Waals surface area contributed by atoms with E-state index in [9.17, 15) is 18.0 Å². The summed E-state index contributed by atoms with van der Waals surface area (Å²) >= 11 is 0. The van der Waals surface area contributed by atoms with Crippen molar-refractivity contribution in [3.8, 4) is 0 Å². The number of aromatic nitrogens is 1. The Hall–Kier alpha value is -1.53. The number of halogens is 3. The van der Waals surface area contributed by atoms with Crippen LogP contribution in [0.1, 0.15) is 42.9 Å². The van der Waals surface area contributed by atoms with Gasteiger partial charge in [0.15, 0.2) is 11.6 Å². The van der Waals surface area contributed by atoms with Crippen LogP contribution < -0.4 is 0 Å². The molecule has 7 heteroatoms. The first-order valence-electron chi connectivity index (χ1n) is 4.81. The molecule has 1 aromatic heterocycles. The predicted octanol–water partition coefficient (Wildman–Crippen LogP) is 2.98. The van der Waals surface area contributed by atoms with Crippen molar-refractivity contribution in [2.24, 2.45) is 5.41 Å². The monoisotopic (exact) mass is 251 g/mol. The molecule has 0 atom stereocenters. The number of alkyl halides is 3. The lowest BCUT2D eigenvalue weighted by atomic mass is 9.92. The Balaban J connectivity index is 3.18. The van der Waals surface area contributed by atoms with Gasteiger partial charge in [-0.2, -0.15) is 13.2 Å². The molecule has 1 rings (SSSR count). The van der Waals surface area contributed by atoms with E-state index < -0.39 is 23.6 Å². The molecule has 0 aliphatic carbocycles. The zero-order valence-corrected chi connectivity index (χ0v) is 9.55. The van der Waals surface area contributed by atoms with Gasteiger partial charge in [0, 0.05) is 6.42 Å². The van der Waals surface area contributed by atoms with Gasteiger partial charge >= 0.3 is 12.1 Å². The van der Waals surface area contributed by atoms with Crippen LogP contribution >= 0.6 is 0 Å². The summed E-state index contributed by atoms with van der Waals surface area (Å²) in [5, 5.41) is 8.61. The van der Waals surface area contributed by atoms with Gasteiger partial charge in [-0.25, -0.2) is 9.78 Å². The Morgan fingerprint density at radius 2 is 1.88 bits per heavy atom. The highest BCUT2D eigenvalue weighted by Crippen LogP contribution is 2.33. The Labute approximate surface area is 95.5 Å². The molecule has 0 unspecified atom stereocenters. The van der Waals surface area contributed by atoms with Gasteiger partial charge in [-0.05, 0) is 5.41 Å². The van der Waals surface area contributed by atoms with E-state index in [4.69, 9.17) is 5.11 Å². The second kappa shape index (κ2) is 4.05. The molecule has 0 radical (unpaired) electrons. The fourth-order valence-electron chi connectivity index (χ4n) is 1.23. The smallest absolute Gasteiger partial charge is 0.437 e. The second-order valence-electron chi connectivity index (χ2n) is 4.83. The highest BCUT2D eigenvalue weighted by Gasteiger charge is 2.41. The maximum absolute atomic E-state index is 12.5. The van der Waals surface area contributed by atoms with E-state index >= 15 is 0 Å². The summed E-state index contributed by atoms with van der Waals surface area (Å²) in [6.45, 7) is 5.35. The molecule has 0 aromatic carbocycles. The fourth-order valence-corrected chi connectivity index (χ4v) is 1.23. The largest absolute Gasteiger partial charge is 0.475 e. The van der Waals surface area contributed by atoms with Gasteiger partial charge in [0.25, 0.3) is 0 Å². The van der Waals surface area contributed by atoms with Gasteiger partial charge in [0.1, 0.15) is 0 Å². The molecule has 0 aliphatic heterocycles. The van der Waals surface area contributed by atoms with E-state index in [1.807, 2.05) is 0 Å². The van der Waals surface area contributed by atoms with Gasteiger partial charge in [0.05, 0.1) is 0 Å². The molecule has 0 spiro atoms. The molecule has 1 aromatic rings. The van der Waals surface area contributed by atoms with Crippen molar-refractivity contribution < 1.29 is 27.5 Å². The molecule has 0 bridgehead atoms. The van der Waals surface area contributed by atoms with Crippen LogP contribution in [0.5, 0.6) is 0 Å². The van der Waals surface area contributed by atoms with E-state index in [1.54, 1.807) is 20.8 Å². The van der Waals surface area contributed by atoms with Crippen molar-refractivity contribution in [3.63, 3.8) is 0 Å². The van der Waals surface area contributed by atoms with Crippen LogP contribution in [0.25, 0.3) is 0 Å². The van der Waals surface area contributed by atoms with Crippen molar-refractivity contribution in [3.05, 3.63) is 17.3 Å². The fraction of sp³-hybridized carbons (Fsp3) is 0.600. The summed E-state index contributed by atoms with van der Waals surface area (Å²) in [5.74, 6) is -3.15. The number of hydrogen-bond acceptors (Lipinski definition) is 3. The molecule has 0 saturated carbocycles. The van der Waals surface area contributed by atoms with Crippen LogP contribution in [-0.4, -0.2) is 16.1 Å². The summed E-state index contributed by atoms with van der Waals surface area (Å²) in [6, 6.07) is 0. The van der Waals surface area contributed by atoms with Crippen molar-refractivity contribution in [1.29, 1.82) is 0 Å². The molecule has 4 nitrogen and oxygen atoms in total. The number of aromatic carboxylic acids is 1. The molecule has 96 valence electrons. The Morgan fingerprint density at radius 3 is 2.18 bits per heavy atom. The summed E-state index contributed by atoms with van der Waals surface area (Å²) in [6.07, 6.45) is -4.70. The first-order chi connectivity index (χ1) is 7.50. The highest BCUT2D eigenvalue weighted by molar-refractivity contribution is 5.85. The molecule has 17 heavy (non-hydrogen) atoms. The van der Waals surface area contributed by atoms with Crippen LogP contribution in [0.3, 0.4) is 0 Å². The Kier molecular flexibility index (Phi) is 3.22. The normalized spacial score (nSPS) is 12.8. The molecule has 0 amide bonds. The minimum Gasteiger partial charge on any atom is -0.475 e. The third-order valence-corrected chi connectivity index (χ3v) is 1.82. The lowest BCUT2D eigenvalue weighted by Gasteiger charge is -2.14. The van der Waals surface area contributed by atoms with E-state index in [0.717, 1.165) is 0 Å². The Morgan fingerprint density at radius 1 is 1.35 bits per heavy atom. The number of nitrogens with zero attached hydrogens (tertiary/aromatic N) is 1. The quantitative estimate of drug-likeness (QED) is 0.877. The molecule has 0 saturated heterocycles. The van der Waals surface area contributed by atoms with Crippen molar-refractivity contribution in [2.45, 2.75) is 33.4 Å². The summed E-state index contributed by atoms with van der Waals surface area (Å²) in [5.41, 5.74) is -1.83. The lowest BCUT2D eigenvalue weighted by Crippen LogP contribution is -2.12. The number of rotatable bonds is 2. The van der Waals surface area contributed by atoms with E-state index in [0.29, 0.717) is 0 Å². The van der Waals surface area contributed by atoms with Crippen LogP contribution in [-0.2, 0) is 12.6 Å². The molecule has 0 fully saturated rings. The number of oxazole rings is 1. The first kappa shape index (κ1) is 13.5. The number of hydrogen-bond donors (Lipinski definition) is 1. The van der Waals surface area contributed by atoms with E-state index in [-0.39, 0.29) is 17.7 Å². The van der Waals surface area contributed by atoms with Gasteiger partial charge in [-0.3, -0.25) is 0 Å². The highest BCUT2D eigenvalue weighted by atomic mass is 19.4. The average Bonchev–Trinajstić information content (AvgIpc) is 2.43. The first-order valence-corrected chi connectivity index (χ1v) is 4.81. The maximum atomic E-state index is 12.5. The van der Waals surface area contributed by atoms with E-state index in [2.05, 4.69) is 9.40 Å². The number of carbonyl (C=O) groups is 1. The van der Waals surface area contributed by atoms with Crippen LogP contribution in [0.15, 0.2) is 4.42 Å². The number of carboxylic acid groups (broad SMARTS) is 1. The topological polar surface area (TPSA) is 63.3 Å². The number of carboxylic acids is 1. The van der Waals surface area contributed by atoms with Gasteiger partial charge in [-0.1, -0.05) is 20.8 Å². The van der Waals surface area contributed by atoms with Gasteiger partial charge in [-0.15, -0.1) is 0 Å². The molecule has 1 heterocycles. The Bertz CT molecular complexity index is 429. The van der Waals surface area contributed by atoms with Crippen LogP contribution in [0.2, 0.25) is 0 Å². The van der Waals surface area contributed by atoms with Crippen LogP contribution in [0, 0.1) is 5.41 Å². The zero-order valence-electron chi connectivity index (χ0n) is 9.55. The molecule has 0 aliphatic rings. The van der Waals surface area contributed by atoms with Crippen LogP contribution in [0.4, 0.5) is 13.2 Å². The van der Waals surface area contributed by atoms with Gasteiger partial charge in [0.2, 0.25) is 5.76 Å². The zero-order chi connectivity index (χ0) is 13.4. The van der Waals surface area contributed by atoms with Crippen molar-refractivity contribution in [2.75, 3.05) is 0 Å². The average molecular weight is 251 g/mol.